The molecule has 0 spiro atoms. The smallest absolute Gasteiger partial charge is 0.130 e. The molecule has 2 atom stereocenters. The van der Waals surface area contributed by atoms with Crippen molar-refractivity contribution in [1.29, 1.82) is 0 Å². The number of nitrogens with zero attached hydrogens (tertiary/aromatic N) is 2. The fourth-order valence-corrected chi connectivity index (χ4v) is 2.51. The largest absolute Gasteiger partial charge is 0.464 e. The second-order valence-corrected chi connectivity index (χ2v) is 5.33. The van der Waals surface area contributed by atoms with Gasteiger partial charge in [0.05, 0.1) is 6.20 Å². The van der Waals surface area contributed by atoms with Gasteiger partial charge in [-0.25, -0.2) is 0 Å². The van der Waals surface area contributed by atoms with Crippen molar-refractivity contribution in [3.63, 3.8) is 0 Å². The Balaban J connectivity index is 1.96. The normalized spacial score (nSPS) is 14.0. The van der Waals surface area contributed by atoms with Gasteiger partial charge >= 0.3 is 0 Å². The van der Waals surface area contributed by atoms with E-state index in [1.807, 2.05) is 61.3 Å². The molecule has 4 nitrogen and oxygen atoms in total. The zero-order valence-electron chi connectivity index (χ0n) is 12.2. The molecule has 0 radical (unpaired) electrons. The van der Waals surface area contributed by atoms with Crippen LogP contribution in [0, 0.1) is 6.92 Å². The van der Waals surface area contributed by atoms with Gasteiger partial charge in [-0.05, 0) is 31.5 Å². The van der Waals surface area contributed by atoms with E-state index in [0.717, 1.165) is 22.6 Å². The number of benzene rings is 1. The Hall–Kier alpha value is -2.33. The average Bonchev–Trinajstić information content (AvgIpc) is 3.10. The van der Waals surface area contributed by atoms with Crippen molar-refractivity contribution in [3.05, 3.63) is 66.4 Å². The molecule has 4 heteroatoms. The number of hydrogen-bond donors (Lipinski definition) is 1. The van der Waals surface area contributed by atoms with Gasteiger partial charge in [-0.15, -0.1) is 0 Å². The van der Waals surface area contributed by atoms with E-state index >= 15 is 0 Å². The molecular formula is C17H19N3O. The van der Waals surface area contributed by atoms with E-state index in [1.165, 1.54) is 0 Å². The Bertz CT molecular complexity index is 712. The lowest BCUT2D eigenvalue weighted by atomic mass is 10.1. The van der Waals surface area contributed by atoms with Gasteiger partial charge in [-0.1, -0.05) is 30.3 Å². The highest BCUT2D eigenvalue weighted by atomic mass is 16.3. The summed E-state index contributed by atoms with van der Waals surface area (Å²) in [5.74, 6) is 1.72. The lowest BCUT2D eigenvalue weighted by molar-refractivity contribution is 0.360. The minimum absolute atomic E-state index is 0.0981. The number of hydrogen-bond acceptors (Lipinski definition) is 3. The van der Waals surface area contributed by atoms with Crippen molar-refractivity contribution >= 4 is 0 Å². The summed E-state index contributed by atoms with van der Waals surface area (Å²) in [6.07, 6.45) is 3.88. The van der Waals surface area contributed by atoms with Crippen LogP contribution in [-0.2, 0) is 0 Å². The van der Waals surface area contributed by atoms with E-state index in [2.05, 4.69) is 17.2 Å². The van der Waals surface area contributed by atoms with Gasteiger partial charge in [0.25, 0.3) is 0 Å². The van der Waals surface area contributed by atoms with E-state index in [9.17, 15) is 0 Å². The maximum Gasteiger partial charge on any atom is 0.130 e. The number of rotatable bonds is 4. The molecule has 2 unspecified atom stereocenters. The number of furan rings is 1. The maximum atomic E-state index is 6.14. The Morgan fingerprint density at radius 1 is 1.10 bits per heavy atom. The Kier molecular flexibility index (Phi) is 3.62. The number of aromatic nitrogens is 2. The van der Waals surface area contributed by atoms with Gasteiger partial charge in [0.15, 0.2) is 0 Å². The van der Waals surface area contributed by atoms with Crippen molar-refractivity contribution in [1.82, 2.24) is 9.78 Å². The van der Waals surface area contributed by atoms with Crippen LogP contribution >= 0.6 is 0 Å². The average molecular weight is 281 g/mol. The first-order valence-electron chi connectivity index (χ1n) is 7.06. The molecule has 0 aliphatic rings. The number of nitrogens with two attached hydrogens (primary N) is 1. The summed E-state index contributed by atoms with van der Waals surface area (Å²) < 4.78 is 7.62. The molecule has 0 amide bonds. The topological polar surface area (TPSA) is 57.0 Å². The molecule has 2 heterocycles. The maximum absolute atomic E-state index is 6.14. The fourth-order valence-electron chi connectivity index (χ4n) is 2.51. The summed E-state index contributed by atoms with van der Waals surface area (Å²) in [7, 11) is 0. The van der Waals surface area contributed by atoms with E-state index in [-0.39, 0.29) is 12.1 Å². The highest BCUT2D eigenvalue weighted by Gasteiger charge is 2.22. The van der Waals surface area contributed by atoms with Crippen LogP contribution in [-0.4, -0.2) is 15.8 Å². The molecule has 0 aliphatic carbocycles. The summed E-state index contributed by atoms with van der Waals surface area (Å²) in [5, 5.41) is 4.48. The molecule has 108 valence electrons. The van der Waals surface area contributed by atoms with Crippen molar-refractivity contribution in [2.24, 2.45) is 5.73 Å². The van der Waals surface area contributed by atoms with Gasteiger partial charge in [0, 0.05) is 17.8 Å². The van der Waals surface area contributed by atoms with Crippen LogP contribution in [0.4, 0.5) is 0 Å². The third-order valence-electron chi connectivity index (χ3n) is 3.54. The number of aryl methyl sites for hydroxylation is 1. The molecule has 3 rings (SSSR count). The van der Waals surface area contributed by atoms with E-state index in [0.29, 0.717) is 0 Å². The van der Waals surface area contributed by atoms with Gasteiger partial charge in [-0.2, -0.15) is 5.10 Å². The lowest BCUT2D eigenvalue weighted by Gasteiger charge is -2.19. The van der Waals surface area contributed by atoms with Crippen molar-refractivity contribution in [3.8, 4) is 11.1 Å². The van der Waals surface area contributed by atoms with Crippen LogP contribution in [0.5, 0.6) is 0 Å². The minimum Gasteiger partial charge on any atom is -0.464 e. The van der Waals surface area contributed by atoms with Crippen molar-refractivity contribution in [2.45, 2.75) is 25.9 Å². The second-order valence-electron chi connectivity index (χ2n) is 5.33. The van der Waals surface area contributed by atoms with Crippen LogP contribution in [0.25, 0.3) is 11.1 Å². The van der Waals surface area contributed by atoms with E-state index in [4.69, 9.17) is 10.2 Å². The third kappa shape index (κ3) is 2.76. The molecule has 0 saturated heterocycles. The van der Waals surface area contributed by atoms with Gasteiger partial charge < -0.3 is 10.2 Å². The molecule has 2 N–H and O–H groups in total. The Labute approximate surface area is 124 Å². The first-order chi connectivity index (χ1) is 10.1. The Morgan fingerprint density at radius 3 is 2.48 bits per heavy atom. The fraction of sp³-hybridized carbons (Fsp3) is 0.235. The zero-order chi connectivity index (χ0) is 14.8. The second kappa shape index (κ2) is 5.58. The van der Waals surface area contributed by atoms with E-state index < -0.39 is 0 Å². The van der Waals surface area contributed by atoms with Crippen molar-refractivity contribution < 1.29 is 4.42 Å². The summed E-state index contributed by atoms with van der Waals surface area (Å²) in [6, 6.07) is 13.9. The summed E-state index contributed by atoms with van der Waals surface area (Å²) in [5.41, 5.74) is 8.35. The van der Waals surface area contributed by atoms with Gasteiger partial charge in [0.2, 0.25) is 0 Å². The molecule has 2 aromatic heterocycles. The third-order valence-corrected chi connectivity index (χ3v) is 3.54. The monoisotopic (exact) mass is 281 g/mol. The van der Waals surface area contributed by atoms with Crippen LogP contribution in [0.3, 0.4) is 0 Å². The first kappa shape index (κ1) is 13.6. The quantitative estimate of drug-likeness (QED) is 0.797. The first-order valence-corrected chi connectivity index (χ1v) is 7.06. The molecule has 21 heavy (non-hydrogen) atoms. The van der Waals surface area contributed by atoms with E-state index in [1.54, 1.807) is 0 Å². The van der Waals surface area contributed by atoms with Gasteiger partial charge in [0.1, 0.15) is 17.6 Å². The molecule has 0 fully saturated rings. The van der Waals surface area contributed by atoms with Gasteiger partial charge in [-0.3, -0.25) is 4.68 Å². The summed E-state index contributed by atoms with van der Waals surface area (Å²) in [4.78, 5) is 0. The highest BCUT2D eigenvalue weighted by molar-refractivity contribution is 5.61. The Morgan fingerprint density at radius 2 is 1.86 bits per heavy atom. The standard InChI is InChI=1S/C17H19N3O/c1-12-8-9-16(21-12)17(13(2)18)20-11-15(10-19-20)14-6-4-3-5-7-14/h3-11,13,17H,18H2,1-2H3. The predicted molar refractivity (Wildman–Crippen MR) is 82.9 cm³/mol. The van der Waals surface area contributed by atoms with Crippen LogP contribution < -0.4 is 5.73 Å². The van der Waals surface area contributed by atoms with Crippen LogP contribution in [0.2, 0.25) is 0 Å². The predicted octanol–water partition coefficient (Wildman–Crippen LogP) is 3.39. The summed E-state index contributed by atoms with van der Waals surface area (Å²) >= 11 is 0. The van der Waals surface area contributed by atoms with Crippen LogP contribution in [0.15, 0.2) is 59.3 Å². The molecule has 0 aliphatic heterocycles. The van der Waals surface area contributed by atoms with Crippen LogP contribution in [0.1, 0.15) is 24.5 Å². The summed E-state index contributed by atoms with van der Waals surface area (Å²) in [6.45, 7) is 3.90. The molecular weight excluding hydrogens is 262 g/mol. The molecule has 0 saturated carbocycles. The molecule has 0 bridgehead atoms. The molecule has 3 aromatic rings. The molecule has 1 aromatic carbocycles. The highest BCUT2D eigenvalue weighted by Crippen LogP contribution is 2.25. The SMILES string of the molecule is Cc1ccc(C(C(C)N)n2cc(-c3ccccc3)cn2)o1. The minimum atomic E-state index is -0.101. The van der Waals surface area contributed by atoms with Crippen molar-refractivity contribution in [2.75, 3.05) is 0 Å². The lowest BCUT2D eigenvalue weighted by Crippen LogP contribution is -2.30. The zero-order valence-corrected chi connectivity index (χ0v) is 12.2.